The van der Waals surface area contributed by atoms with Crippen LogP contribution >= 0.6 is 0 Å². The SMILES string of the molecule is CCOc1ccc(C(=O)N[C@H](C(=O)OCC(=O)N[C@H]2CCCC[C@H]2C)C(C)C)cc1. The Bertz CT molecular complexity index is 717. The number of carbonyl (C=O) groups is 3. The summed E-state index contributed by atoms with van der Waals surface area (Å²) in [5, 5.41) is 5.67. The van der Waals surface area contributed by atoms with Gasteiger partial charge in [0.05, 0.1) is 6.61 Å². The number of hydrogen-bond acceptors (Lipinski definition) is 5. The normalized spacial score (nSPS) is 19.6. The quantitative estimate of drug-likeness (QED) is 0.601. The van der Waals surface area contributed by atoms with Crippen molar-refractivity contribution in [1.29, 1.82) is 0 Å². The van der Waals surface area contributed by atoms with Crippen molar-refractivity contribution in [2.24, 2.45) is 11.8 Å². The molecular weight excluding hydrogens is 384 g/mol. The fraction of sp³-hybridized carbons (Fsp3) is 0.609. The fourth-order valence-corrected chi connectivity index (χ4v) is 3.60. The van der Waals surface area contributed by atoms with Gasteiger partial charge in [-0.3, -0.25) is 9.59 Å². The minimum atomic E-state index is -0.842. The Hall–Kier alpha value is -2.57. The lowest BCUT2D eigenvalue weighted by Crippen LogP contribution is -2.47. The van der Waals surface area contributed by atoms with Crippen molar-refractivity contribution in [2.75, 3.05) is 13.2 Å². The Kier molecular flexibility index (Phi) is 9.15. The second kappa shape index (κ2) is 11.6. The van der Waals surface area contributed by atoms with Gasteiger partial charge in [0.15, 0.2) is 6.61 Å². The van der Waals surface area contributed by atoms with Gasteiger partial charge in [0.2, 0.25) is 0 Å². The average Bonchev–Trinajstić information content (AvgIpc) is 2.72. The number of amides is 2. The minimum Gasteiger partial charge on any atom is -0.494 e. The van der Waals surface area contributed by atoms with Crippen LogP contribution in [0.3, 0.4) is 0 Å². The number of esters is 1. The van der Waals surface area contributed by atoms with Crippen LogP contribution < -0.4 is 15.4 Å². The van der Waals surface area contributed by atoms with E-state index in [0.29, 0.717) is 23.8 Å². The summed E-state index contributed by atoms with van der Waals surface area (Å²) in [6.07, 6.45) is 4.33. The number of rotatable bonds is 9. The third-order valence-electron chi connectivity index (χ3n) is 5.44. The van der Waals surface area contributed by atoms with Crippen LogP contribution in [0.1, 0.15) is 63.7 Å². The largest absolute Gasteiger partial charge is 0.494 e. The summed E-state index contributed by atoms with van der Waals surface area (Å²) in [6.45, 7) is 7.84. The third-order valence-corrected chi connectivity index (χ3v) is 5.44. The van der Waals surface area contributed by atoms with Gasteiger partial charge in [-0.2, -0.15) is 0 Å². The maximum atomic E-state index is 12.5. The smallest absolute Gasteiger partial charge is 0.329 e. The lowest BCUT2D eigenvalue weighted by atomic mass is 9.86. The number of nitrogens with one attached hydrogen (secondary N) is 2. The molecule has 0 aliphatic heterocycles. The van der Waals surface area contributed by atoms with E-state index in [4.69, 9.17) is 9.47 Å². The van der Waals surface area contributed by atoms with Crippen molar-refractivity contribution in [3.05, 3.63) is 29.8 Å². The van der Waals surface area contributed by atoms with E-state index in [-0.39, 0.29) is 30.4 Å². The predicted octanol–water partition coefficient (Wildman–Crippen LogP) is 3.08. The topological polar surface area (TPSA) is 93.7 Å². The molecule has 1 aliphatic rings. The van der Waals surface area contributed by atoms with Crippen molar-refractivity contribution in [3.8, 4) is 5.75 Å². The molecule has 30 heavy (non-hydrogen) atoms. The van der Waals surface area contributed by atoms with E-state index in [0.717, 1.165) is 19.3 Å². The van der Waals surface area contributed by atoms with Crippen LogP contribution in [-0.2, 0) is 14.3 Å². The molecule has 0 spiro atoms. The number of ether oxygens (including phenoxy) is 2. The van der Waals surface area contributed by atoms with Crippen LogP contribution in [0.4, 0.5) is 0 Å². The summed E-state index contributed by atoms with van der Waals surface area (Å²) >= 11 is 0. The summed E-state index contributed by atoms with van der Waals surface area (Å²) in [7, 11) is 0. The standard InChI is InChI=1S/C23H34N2O5/c1-5-29-18-12-10-17(11-13-18)22(27)25-21(15(2)3)23(28)30-14-20(26)24-19-9-7-6-8-16(19)4/h10-13,15-16,19,21H,5-9,14H2,1-4H3,(H,24,26)(H,25,27)/t16-,19+,21+/m1/s1. The predicted molar refractivity (Wildman–Crippen MR) is 114 cm³/mol. The van der Waals surface area contributed by atoms with Gasteiger partial charge in [-0.15, -0.1) is 0 Å². The maximum absolute atomic E-state index is 12.5. The van der Waals surface area contributed by atoms with Gasteiger partial charge in [-0.1, -0.05) is 33.6 Å². The Balaban J connectivity index is 1.87. The summed E-state index contributed by atoms with van der Waals surface area (Å²) in [5.74, 6) is -0.388. The van der Waals surface area contributed by atoms with Crippen LogP contribution in [0.25, 0.3) is 0 Å². The molecule has 0 aromatic heterocycles. The Morgan fingerprint density at radius 2 is 1.77 bits per heavy atom. The Labute approximate surface area is 178 Å². The van der Waals surface area contributed by atoms with Crippen LogP contribution in [0.15, 0.2) is 24.3 Å². The second-order valence-corrected chi connectivity index (χ2v) is 8.20. The first-order chi connectivity index (χ1) is 14.3. The summed E-state index contributed by atoms with van der Waals surface area (Å²) in [6, 6.07) is 5.98. The molecule has 0 unspecified atom stereocenters. The number of hydrogen-bond donors (Lipinski definition) is 2. The highest BCUT2D eigenvalue weighted by atomic mass is 16.5. The monoisotopic (exact) mass is 418 g/mol. The van der Waals surface area contributed by atoms with E-state index in [1.165, 1.54) is 6.42 Å². The average molecular weight is 419 g/mol. The maximum Gasteiger partial charge on any atom is 0.329 e. The zero-order valence-electron chi connectivity index (χ0n) is 18.4. The van der Waals surface area contributed by atoms with Crippen molar-refractivity contribution >= 4 is 17.8 Å². The first-order valence-electron chi connectivity index (χ1n) is 10.8. The minimum absolute atomic E-state index is 0.130. The van der Waals surface area contributed by atoms with Gasteiger partial charge < -0.3 is 20.1 Å². The van der Waals surface area contributed by atoms with Crippen LogP contribution in [0, 0.1) is 11.8 Å². The molecule has 1 aliphatic carbocycles. The van der Waals surface area contributed by atoms with Gasteiger partial charge in [-0.25, -0.2) is 4.79 Å². The second-order valence-electron chi connectivity index (χ2n) is 8.20. The zero-order valence-corrected chi connectivity index (χ0v) is 18.4. The molecule has 166 valence electrons. The molecule has 0 bridgehead atoms. The zero-order chi connectivity index (χ0) is 22.1. The Morgan fingerprint density at radius 1 is 1.10 bits per heavy atom. The molecule has 0 radical (unpaired) electrons. The third kappa shape index (κ3) is 7.04. The highest BCUT2D eigenvalue weighted by molar-refractivity contribution is 5.97. The summed E-state index contributed by atoms with van der Waals surface area (Å²) in [5.41, 5.74) is 0.418. The van der Waals surface area contributed by atoms with Crippen LogP contribution in [0.5, 0.6) is 5.75 Å². The lowest BCUT2D eigenvalue weighted by molar-refractivity contribution is -0.151. The molecule has 1 saturated carbocycles. The van der Waals surface area contributed by atoms with E-state index in [1.807, 2.05) is 20.8 Å². The van der Waals surface area contributed by atoms with E-state index >= 15 is 0 Å². The van der Waals surface area contributed by atoms with E-state index < -0.39 is 12.0 Å². The molecule has 0 saturated heterocycles. The molecule has 1 aromatic rings. The van der Waals surface area contributed by atoms with E-state index in [2.05, 4.69) is 17.6 Å². The van der Waals surface area contributed by atoms with Gasteiger partial charge in [-0.05, 0) is 55.9 Å². The highest BCUT2D eigenvalue weighted by Gasteiger charge is 2.28. The van der Waals surface area contributed by atoms with Crippen LogP contribution in [-0.4, -0.2) is 43.1 Å². The molecular formula is C23H34N2O5. The Morgan fingerprint density at radius 3 is 2.37 bits per heavy atom. The highest BCUT2D eigenvalue weighted by Crippen LogP contribution is 2.23. The molecule has 7 nitrogen and oxygen atoms in total. The summed E-state index contributed by atoms with van der Waals surface area (Å²) < 4.78 is 10.6. The molecule has 1 fully saturated rings. The summed E-state index contributed by atoms with van der Waals surface area (Å²) in [4.78, 5) is 37.2. The fourth-order valence-electron chi connectivity index (χ4n) is 3.60. The van der Waals surface area contributed by atoms with Gasteiger partial charge in [0.1, 0.15) is 11.8 Å². The van der Waals surface area contributed by atoms with Gasteiger partial charge >= 0.3 is 5.97 Å². The van der Waals surface area contributed by atoms with E-state index in [1.54, 1.807) is 24.3 Å². The van der Waals surface area contributed by atoms with Crippen molar-refractivity contribution in [3.63, 3.8) is 0 Å². The number of benzene rings is 1. The van der Waals surface area contributed by atoms with Crippen molar-refractivity contribution in [1.82, 2.24) is 10.6 Å². The van der Waals surface area contributed by atoms with Gasteiger partial charge in [0, 0.05) is 11.6 Å². The van der Waals surface area contributed by atoms with Crippen molar-refractivity contribution in [2.45, 2.75) is 65.5 Å². The number of carbonyl (C=O) groups excluding carboxylic acids is 3. The van der Waals surface area contributed by atoms with Crippen LogP contribution in [0.2, 0.25) is 0 Å². The molecule has 2 amide bonds. The first kappa shape index (κ1) is 23.7. The molecule has 2 rings (SSSR count). The first-order valence-corrected chi connectivity index (χ1v) is 10.8. The molecule has 7 heteroatoms. The van der Waals surface area contributed by atoms with Gasteiger partial charge in [0.25, 0.3) is 11.8 Å². The van der Waals surface area contributed by atoms with E-state index in [9.17, 15) is 14.4 Å². The molecule has 3 atom stereocenters. The molecule has 1 aromatic carbocycles. The molecule has 0 heterocycles. The lowest BCUT2D eigenvalue weighted by Gasteiger charge is -2.29. The van der Waals surface area contributed by atoms with Crippen molar-refractivity contribution < 1.29 is 23.9 Å². The molecule has 2 N–H and O–H groups in total.